The molecular formula is C16H33ClO2S. The molecule has 0 spiro atoms. The minimum atomic E-state index is -3.37. The molecule has 0 saturated carbocycles. The molecule has 4 heteroatoms. The molecule has 0 amide bonds. The minimum Gasteiger partial charge on any atom is -0.212 e. The zero-order valence-corrected chi connectivity index (χ0v) is 14.9. The smallest absolute Gasteiger partial charge is 0.212 e. The Bertz CT molecular complexity index is 302. The molecule has 0 radical (unpaired) electrons. The van der Waals surface area contributed by atoms with Gasteiger partial charge >= 0.3 is 0 Å². The Morgan fingerprint density at radius 3 is 1.55 bits per heavy atom. The topological polar surface area (TPSA) is 34.1 Å². The molecule has 0 N–H and O–H groups in total. The predicted octanol–water partition coefficient (Wildman–Crippen LogP) is 6.03. The second-order valence-corrected chi connectivity index (χ2v) is 8.77. The molecule has 20 heavy (non-hydrogen) atoms. The van der Waals surface area contributed by atoms with Crippen LogP contribution in [0.4, 0.5) is 0 Å². The van der Waals surface area contributed by atoms with Gasteiger partial charge in [0, 0.05) is 10.7 Å². The van der Waals surface area contributed by atoms with Gasteiger partial charge < -0.3 is 0 Å². The third kappa shape index (κ3) is 12.0. The fourth-order valence-corrected chi connectivity index (χ4v) is 4.11. The van der Waals surface area contributed by atoms with E-state index in [-0.39, 0.29) is 5.25 Å². The molecule has 2 nitrogen and oxygen atoms in total. The van der Waals surface area contributed by atoms with Crippen LogP contribution in [0.3, 0.4) is 0 Å². The Morgan fingerprint density at radius 2 is 1.15 bits per heavy atom. The summed E-state index contributed by atoms with van der Waals surface area (Å²) in [5, 5.41) is -0.330. The van der Waals surface area contributed by atoms with Crippen molar-refractivity contribution in [2.45, 2.75) is 103 Å². The average Bonchev–Trinajstić information content (AvgIpc) is 2.38. The molecule has 0 bridgehead atoms. The Labute approximate surface area is 131 Å². The van der Waals surface area contributed by atoms with E-state index in [4.69, 9.17) is 10.7 Å². The van der Waals surface area contributed by atoms with Crippen LogP contribution >= 0.6 is 10.7 Å². The van der Waals surface area contributed by atoms with Gasteiger partial charge in [0.2, 0.25) is 9.05 Å². The van der Waals surface area contributed by atoms with Crippen molar-refractivity contribution in [3.05, 3.63) is 0 Å². The number of hydrogen-bond acceptors (Lipinski definition) is 2. The van der Waals surface area contributed by atoms with Crippen molar-refractivity contribution in [2.24, 2.45) is 0 Å². The van der Waals surface area contributed by atoms with E-state index in [0.29, 0.717) is 6.42 Å². The lowest BCUT2D eigenvalue weighted by atomic mass is 10.0. The van der Waals surface area contributed by atoms with E-state index in [2.05, 4.69) is 6.92 Å². The Hall–Kier alpha value is 0.240. The minimum absolute atomic E-state index is 0.330. The monoisotopic (exact) mass is 324 g/mol. The van der Waals surface area contributed by atoms with Gasteiger partial charge in [-0.1, -0.05) is 84.5 Å². The maximum Gasteiger partial charge on any atom is 0.235 e. The van der Waals surface area contributed by atoms with Crippen molar-refractivity contribution in [2.75, 3.05) is 0 Å². The first-order valence-corrected chi connectivity index (χ1v) is 10.8. The molecule has 0 heterocycles. The molecule has 0 saturated heterocycles. The lowest BCUT2D eigenvalue weighted by Gasteiger charge is -2.12. The van der Waals surface area contributed by atoms with Gasteiger partial charge in [-0.2, -0.15) is 0 Å². The molecule has 0 rings (SSSR count). The number of rotatable bonds is 14. The zero-order chi connectivity index (χ0) is 15.3. The number of hydrogen-bond donors (Lipinski definition) is 0. The van der Waals surface area contributed by atoms with E-state index in [1.54, 1.807) is 0 Å². The van der Waals surface area contributed by atoms with Gasteiger partial charge in [-0.25, -0.2) is 8.42 Å². The van der Waals surface area contributed by atoms with E-state index < -0.39 is 9.05 Å². The molecule has 1 unspecified atom stereocenters. The van der Waals surface area contributed by atoms with Crippen LogP contribution < -0.4 is 0 Å². The summed E-state index contributed by atoms with van der Waals surface area (Å²) in [6.07, 6.45) is 15.1. The Morgan fingerprint density at radius 1 is 0.700 bits per heavy atom. The van der Waals surface area contributed by atoms with Gasteiger partial charge in [-0.15, -0.1) is 0 Å². The van der Waals surface area contributed by atoms with E-state index in [1.165, 1.54) is 51.4 Å². The highest BCUT2D eigenvalue weighted by Crippen LogP contribution is 2.20. The fraction of sp³-hybridized carbons (Fsp3) is 1.00. The maximum atomic E-state index is 11.4. The summed E-state index contributed by atoms with van der Waals surface area (Å²) in [4.78, 5) is 0. The molecule has 0 aromatic rings. The van der Waals surface area contributed by atoms with Crippen molar-refractivity contribution in [3.8, 4) is 0 Å². The molecule has 0 aromatic heterocycles. The van der Waals surface area contributed by atoms with Crippen molar-refractivity contribution in [1.82, 2.24) is 0 Å². The molecule has 0 fully saturated rings. The SMILES string of the molecule is CCCCCCCCCCCCC(CCC)S(=O)(=O)Cl. The quantitative estimate of drug-likeness (QED) is 0.288. The number of halogens is 1. The predicted molar refractivity (Wildman–Crippen MR) is 89.9 cm³/mol. The van der Waals surface area contributed by atoms with Crippen LogP contribution in [0.15, 0.2) is 0 Å². The summed E-state index contributed by atoms with van der Waals surface area (Å²) in [5.74, 6) is 0. The molecule has 0 aliphatic rings. The van der Waals surface area contributed by atoms with Crippen LogP contribution in [0.1, 0.15) is 97.3 Å². The summed E-state index contributed by atoms with van der Waals surface area (Å²) in [5.41, 5.74) is 0. The highest BCUT2D eigenvalue weighted by atomic mass is 35.7. The van der Waals surface area contributed by atoms with E-state index >= 15 is 0 Å². The second kappa shape index (κ2) is 12.9. The summed E-state index contributed by atoms with van der Waals surface area (Å²) in [6.45, 7) is 4.25. The first-order valence-electron chi connectivity index (χ1n) is 8.45. The summed E-state index contributed by atoms with van der Waals surface area (Å²) >= 11 is 0. The van der Waals surface area contributed by atoms with Crippen molar-refractivity contribution in [1.29, 1.82) is 0 Å². The van der Waals surface area contributed by atoms with Crippen LogP contribution in [-0.4, -0.2) is 13.7 Å². The number of unbranched alkanes of at least 4 members (excludes halogenated alkanes) is 9. The van der Waals surface area contributed by atoms with Gasteiger partial charge in [0.05, 0.1) is 5.25 Å². The van der Waals surface area contributed by atoms with E-state index in [1.807, 2.05) is 6.92 Å². The normalized spacial score (nSPS) is 13.6. The lowest BCUT2D eigenvalue weighted by Crippen LogP contribution is -2.15. The summed E-state index contributed by atoms with van der Waals surface area (Å²) < 4.78 is 22.8. The molecule has 1 atom stereocenters. The standard InChI is InChI=1S/C16H33ClO2S/c1-3-5-6-7-8-9-10-11-12-13-15-16(14-4-2)20(17,18)19/h16H,3-15H2,1-2H3. The van der Waals surface area contributed by atoms with Crippen LogP contribution in [0.5, 0.6) is 0 Å². The van der Waals surface area contributed by atoms with Gasteiger partial charge in [-0.3, -0.25) is 0 Å². The van der Waals surface area contributed by atoms with Crippen molar-refractivity contribution < 1.29 is 8.42 Å². The van der Waals surface area contributed by atoms with Crippen molar-refractivity contribution in [3.63, 3.8) is 0 Å². The first kappa shape index (κ1) is 20.2. The summed E-state index contributed by atoms with van der Waals surface area (Å²) in [6, 6.07) is 0. The molecule has 0 aliphatic heterocycles. The lowest BCUT2D eigenvalue weighted by molar-refractivity contribution is 0.528. The average molecular weight is 325 g/mol. The van der Waals surface area contributed by atoms with Crippen LogP contribution in [-0.2, 0) is 9.05 Å². The zero-order valence-electron chi connectivity index (χ0n) is 13.4. The molecule has 122 valence electrons. The maximum absolute atomic E-state index is 11.4. The van der Waals surface area contributed by atoms with Gasteiger partial charge in [0.15, 0.2) is 0 Å². The molecule has 0 aromatic carbocycles. The molecule has 0 aliphatic carbocycles. The first-order chi connectivity index (χ1) is 9.52. The highest BCUT2D eigenvalue weighted by Gasteiger charge is 2.21. The fourth-order valence-electron chi connectivity index (χ4n) is 2.61. The third-order valence-electron chi connectivity index (χ3n) is 3.89. The van der Waals surface area contributed by atoms with Crippen LogP contribution in [0.25, 0.3) is 0 Å². The van der Waals surface area contributed by atoms with Gasteiger partial charge in [-0.05, 0) is 12.8 Å². The second-order valence-electron chi connectivity index (χ2n) is 5.86. The Kier molecular flexibility index (Phi) is 13.1. The van der Waals surface area contributed by atoms with Crippen LogP contribution in [0.2, 0.25) is 0 Å². The van der Waals surface area contributed by atoms with Crippen molar-refractivity contribution >= 4 is 19.7 Å². The van der Waals surface area contributed by atoms with Gasteiger partial charge in [0.25, 0.3) is 0 Å². The Balaban J connectivity index is 3.46. The third-order valence-corrected chi connectivity index (χ3v) is 5.91. The van der Waals surface area contributed by atoms with Crippen LogP contribution in [0, 0.1) is 0 Å². The summed E-state index contributed by atoms with van der Waals surface area (Å²) in [7, 11) is 2.11. The highest BCUT2D eigenvalue weighted by molar-refractivity contribution is 8.14. The molecular weight excluding hydrogens is 292 g/mol. The van der Waals surface area contributed by atoms with Gasteiger partial charge in [0.1, 0.15) is 0 Å². The van der Waals surface area contributed by atoms with E-state index in [9.17, 15) is 8.42 Å². The van der Waals surface area contributed by atoms with E-state index in [0.717, 1.165) is 25.7 Å². The largest absolute Gasteiger partial charge is 0.235 e.